The Balaban J connectivity index is 2.08. The summed E-state index contributed by atoms with van der Waals surface area (Å²) in [4.78, 5) is 0. The number of rotatable bonds is 2. The van der Waals surface area contributed by atoms with E-state index in [2.05, 4.69) is 33.7 Å². The topological polar surface area (TPSA) is 0 Å². The molecule has 1 saturated heterocycles. The third-order valence-corrected chi connectivity index (χ3v) is 10.4. The molecule has 0 spiro atoms. The summed E-state index contributed by atoms with van der Waals surface area (Å²) < 4.78 is 0. The minimum Gasteiger partial charge on any atom is -0.153 e. The number of hydrogen-bond donors (Lipinski definition) is 0. The van der Waals surface area contributed by atoms with Gasteiger partial charge in [-0.25, -0.2) is 0 Å². The molecule has 0 atom stereocenters. The summed E-state index contributed by atoms with van der Waals surface area (Å²) >= 11 is 3.70. The summed E-state index contributed by atoms with van der Waals surface area (Å²) in [6.45, 7) is 0. The van der Waals surface area contributed by atoms with E-state index in [0.29, 0.717) is 0 Å². The minimum atomic E-state index is -1.17. The van der Waals surface area contributed by atoms with Gasteiger partial charge in [0.1, 0.15) is 8.07 Å². The van der Waals surface area contributed by atoms with E-state index in [-0.39, 0.29) is 0 Å². The van der Waals surface area contributed by atoms with Gasteiger partial charge in [-0.3, -0.25) is 0 Å². The molecular weight excluding hydrogens is 224 g/mol. The average Bonchev–Trinajstić information content (AvgIpc) is 2.71. The molecule has 2 aromatic rings. The number of hydrogen-bond acceptors (Lipinski definition) is 2. The quantitative estimate of drug-likeness (QED) is 0.704. The van der Waals surface area contributed by atoms with E-state index in [1.165, 1.54) is 18.5 Å². The molecule has 0 aromatic carbocycles. The Morgan fingerprint density at radius 2 is 1.50 bits per heavy atom. The van der Waals surface area contributed by atoms with E-state index in [1.54, 1.807) is 10.4 Å². The van der Waals surface area contributed by atoms with Gasteiger partial charge in [0.15, 0.2) is 0 Å². The molecule has 0 N–H and O–H groups in total. The number of thiophene rings is 2. The lowest BCUT2D eigenvalue weighted by molar-refractivity contribution is 0.929. The summed E-state index contributed by atoms with van der Waals surface area (Å²) in [5, 5.41) is 12.6. The van der Waals surface area contributed by atoms with Crippen LogP contribution in [0.4, 0.5) is 0 Å². The highest BCUT2D eigenvalue weighted by Gasteiger charge is 2.43. The van der Waals surface area contributed by atoms with Gasteiger partial charge in [-0.1, -0.05) is 18.6 Å². The second-order valence-electron chi connectivity index (χ2n) is 3.96. The van der Waals surface area contributed by atoms with E-state index < -0.39 is 8.07 Å². The van der Waals surface area contributed by atoms with Gasteiger partial charge in [0.05, 0.1) is 0 Å². The first-order valence-electron chi connectivity index (χ1n) is 4.97. The molecule has 3 heteroatoms. The smallest absolute Gasteiger partial charge is 0.120 e. The highest BCUT2D eigenvalue weighted by atomic mass is 32.1. The fraction of sp³-hybridized carbons (Fsp3) is 0.273. The van der Waals surface area contributed by atoms with Crippen molar-refractivity contribution in [2.24, 2.45) is 0 Å². The summed E-state index contributed by atoms with van der Waals surface area (Å²) in [7, 11) is -1.17. The maximum atomic E-state index is 2.38. The maximum Gasteiger partial charge on any atom is 0.120 e. The fourth-order valence-electron chi connectivity index (χ4n) is 2.35. The van der Waals surface area contributed by atoms with Crippen molar-refractivity contribution in [2.75, 3.05) is 0 Å². The van der Waals surface area contributed by atoms with Crippen LogP contribution in [0.1, 0.15) is 6.42 Å². The molecule has 2 aromatic heterocycles. The Morgan fingerprint density at radius 1 is 0.929 bits per heavy atom. The van der Waals surface area contributed by atoms with Gasteiger partial charge in [-0.15, -0.1) is 0 Å². The molecule has 1 aliphatic heterocycles. The van der Waals surface area contributed by atoms with Crippen molar-refractivity contribution in [3.8, 4) is 0 Å². The highest BCUT2D eigenvalue weighted by molar-refractivity contribution is 7.15. The van der Waals surface area contributed by atoms with E-state index >= 15 is 0 Å². The molecule has 3 rings (SSSR count). The van der Waals surface area contributed by atoms with Crippen LogP contribution in [0.3, 0.4) is 0 Å². The van der Waals surface area contributed by atoms with Crippen LogP contribution >= 0.6 is 22.7 Å². The lowest BCUT2D eigenvalue weighted by Crippen LogP contribution is -2.61. The highest BCUT2D eigenvalue weighted by Crippen LogP contribution is 2.32. The Kier molecular flexibility index (Phi) is 2.11. The maximum absolute atomic E-state index is 2.38. The largest absolute Gasteiger partial charge is 0.153 e. The monoisotopic (exact) mass is 236 g/mol. The molecular formula is C11H12S2Si. The SMILES string of the molecule is c1cc([Si]2(c3ccsc3)CCC2)cs1. The molecule has 0 amide bonds. The molecule has 14 heavy (non-hydrogen) atoms. The van der Waals surface area contributed by atoms with Crippen molar-refractivity contribution in [1.82, 2.24) is 0 Å². The van der Waals surface area contributed by atoms with Gasteiger partial charge in [0.2, 0.25) is 0 Å². The van der Waals surface area contributed by atoms with Crippen LogP contribution in [0, 0.1) is 0 Å². The van der Waals surface area contributed by atoms with Crippen LogP contribution in [-0.4, -0.2) is 8.07 Å². The third-order valence-electron chi connectivity index (χ3n) is 3.35. The molecule has 0 nitrogen and oxygen atoms in total. The Bertz CT molecular complexity index is 362. The lowest BCUT2D eigenvalue weighted by Gasteiger charge is -2.39. The molecule has 3 heterocycles. The van der Waals surface area contributed by atoms with Crippen molar-refractivity contribution < 1.29 is 0 Å². The molecule has 72 valence electrons. The fourth-order valence-corrected chi connectivity index (χ4v) is 9.21. The van der Waals surface area contributed by atoms with Gasteiger partial charge in [-0.05, 0) is 44.0 Å². The van der Waals surface area contributed by atoms with E-state index in [4.69, 9.17) is 0 Å². The van der Waals surface area contributed by atoms with Gasteiger partial charge in [-0.2, -0.15) is 22.7 Å². The van der Waals surface area contributed by atoms with Gasteiger partial charge in [0.25, 0.3) is 0 Å². The predicted octanol–water partition coefficient (Wildman–Crippen LogP) is 2.78. The van der Waals surface area contributed by atoms with Crippen molar-refractivity contribution >= 4 is 41.1 Å². The first-order chi connectivity index (χ1) is 6.92. The van der Waals surface area contributed by atoms with Crippen molar-refractivity contribution in [2.45, 2.75) is 18.5 Å². The van der Waals surface area contributed by atoms with Crippen LogP contribution < -0.4 is 10.4 Å². The van der Waals surface area contributed by atoms with Crippen LogP contribution in [0.25, 0.3) is 0 Å². The van der Waals surface area contributed by atoms with Crippen molar-refractivity contribution in [3.63, 3.8) is 0 Å². The Hall–Kier alpha value is -0.383. The third kappa shape index (κ3) is 1.16. The van der Waals surface area contributed by atoms with Crippen molar-refractivity contribution in [1.29, 1.82) is 0 Å². The standard InChI is InChI=1S/C11H12S2Si/c1-6-14(7-1,10-2-4-12-8-10)11-3-5-13-9-11/h2-5,8-9H,1,6-7H2. The van der Waals surface area contributed by atoms with E-state index in [9.17, 15) is 0 Å². The molecule has 0 unspecified atom stereocenters. The Morgan fingerprint density at radius 3 is 1.79 bits per heavy atom. The van der Waals surface area contributed by atoms with Crippen LogP contribution in [0.2, 0.25) is 12.1 Å². The van der Waals surface area contributed by atoms with Crippen LogP contribution in [0.15, 0.2) is 33.7 Å². The summed E-state index contributed by atoms with van der Waals surface area (Å²) in [6.07, 6.45) is 1.44. The zero-order valence-corrected chi connectivity index (χ0v) is 10.5. The minimum absolute atomic E-state index is 1.17. The normalized spacial score (nSPS) is 19.1. The van der Waals surface area contributed by atoms with E-state index in [0.717, 1.165) is 0 Å². The Labute approximate surface area is 93.2 Å². The lowest BCUT2D eigenvalue weighted by atomic mass is 10.5. The molecule has 0 saturated carbocycles. The summed E-state index contributed by atoms with van der Waals surface area (Å²) in [5.74, 6) is 0. The predicted molar refractivity (Wildman–Crippen MR) is 67.9 cm³/mol. The summed E-state index contributed by atoms with van der Waals surface area (Å²) in [5.41, 5.74) is 0. The first-order valence-corrected chi connectivity index (χ1v) is 9.27. The molecule has 1 fully saturated rings. The molecule has 0 aliphatic carbocycles. The molecule has 0 radical (unpaired) electrons. The second-order valence-corrected chi connectivity index (χ2v) is 9.84. The average molecular weight is 236 g/mol. The first kappa shape index (κ1) is 8.89. The van der Waals surface area contributed by atoms with Gasteiger partial charge in [0, 0.05) is 0 Å². The van der Waals surface area contributed by atoms with Gasteiger partial charge < -0.3 is 0 Å². The van der Waals surface area contributed by atoms with Crippen LogP contribution in [-0.2, 0) is 0 Å². The summed E-state index contributed by atoms with van der Waals surface area (Å²) in [6, 6.07) is 7.66. The zero-order valence-electron chi connectivity index (χ0n) is 7.90. The van der Waals surface area contributed by atoms with Crippen LogP contribution in [0.5, 0.6) is 0 Å². The molecule has 0 bridgehead atoms. The molecule has 1 aliphatic rings. The van der Waals surface area contributed by atoms with E-state index in [1.807, 2.05) is 22.7 Å². The van der Waals surface area contributed by atoms with Crippen molar-refractivity contribution in [3.05, 3.63) is 33.7 Å². The zero-order chi connectivity index (χ0) is 9.43. The van der Waals surface area contributed by atoms with Gasteiger partial charge >= 0.3 is 0 Å². The second kappa shape index (κ2) is 3.33.